The van der Waals surface area contributed by atoms with Crippen LogP contribution in [0.4, 0.5) is 34.6 Å². The molecule has 1 heterocycles. The maximum absolute atomic E-state index is 13.2. The maximum atomic E-state index is 13.2. The largest absolute Gasteiger partial charge is 0.478 e. The van der Waals surface area contributed by atoms with E-state index < -0.39 is 29.4 Å². The Morgan fingerprint density at radius 3 is 2.09 bits per heavy atom. The molecule has 0 aromatic heterocycles. The lowest BCUT2D eigenvalue weighted by Gasteiger charge is -2.38. The van der Waals surface area contributed by atoms with E-state index in [9.17, 15) is 32.3 Å². The topological polar surface area (TPSA) is 72.9 Å². The van der Waals surface area contributed by atoms with Crippen LogP contribution in [-0.4, -0.2) is 43.2 Å². The standard InChI is InChI=1S/C25H21F4N3O3/c26-19-7-4-16(5-8-19)23(33)30-21-14-17(24(34)35)6-9-22(21)32-12-10-31(11-13-32)20-3-1-2-18(15-20)25(27,28)29/h1-9,14-15H,10-13H2,(H,30,33)(H,34,35). The normalized spacial score (nSPS) is 14.1. The number of carboxylic acid groups (broad SMARTS) is 1. The first-order valence-electron chi connectivity index (χ1n) is 10.7. The second-order valence-electron chi connectivity index (χ2n) is 8.02. The average Bonchev–Trinajstić information content (AvgIpc) is 2.84. The first-order chi connectivity index (χ1) is 16.6. The van der Waals surface area contributed by atoms with E-state index in [1.165, 1.54) is 30.3 Å². The van der Waals surface area contributed by atoms with Crippen LogP contribution < -0.4 is 15.1 Å². The minimum atomic E-state index is -4.43. The minimum Gasteiger partial charge on any atom is -0.478 e. The zero-order chi connectivity index (χ0) is 25.2. The fourth-order valence-corrected chi connectivity index (χ4v) is 3.93. The van der Waals surface area contributed by atoms with Gasteiger partial charge in [0.15, 0.2) is 0 Å². The molecule has 2 N–H and O–H groups in total. The number of hydrogen-bond acceptors (Lipinski definition) is 4. The van der Waals surface area contributed by atoms with Crippen molar-refractivity contribution in [3.63, 3.8) is 0 Å². The van der Waals surface area contributed by atoms with Crippen LogP contribution in [0.2, 0.25) is 0 Å². The molecule has 0 saturated carbocycles. The predicted molar refractivity (Wildman–Crippen MR) is 124 cm³/mol. The van der Waals surface area contributed by atoms with Crippen LogP contribution >= 0.6 is 0 Å². The molecule has 10 heteroatoms. The molecule has 1 aliphatic heterocycles. The van der Waals surface area contributed by atoms with Gasteiger partial charge in [0.1, 0.15) is 5.82 Å². The van der Waals surface area contributed by atoms with Crippen molar-refractivity contribution >= 4 is 28.9 Å². The number of carboxylic acids is 1. The van der Waals surface area contributed by atoms with Gasteiger partial charge < -0.3 is 20.2 Å². The molecule has 0 radical (unpaired) electrons. The van der Waals surface area contributed by atoms with Gasteiger partial charge in [0.05, 0.1) is 22.5 Å². The van der Waals surface area contributed by atoms with Crippen molar-refractivity contribution in [3.05, 3.63) is 89.2 Å². The van der Waals surface area contributed by atoms with Crippen LogP contribution in [0.5, 0.6) is 0 Å². The molecule has 1 saturated heterocycles. The van der Waals surface area contributed by atoms with Crippen LogP contribution in [-0.2, 0) is 6.18 Å². The summed E-state index contributed by atoms with van der Waals surface area (Å²) in [6.45, 7) is 1.71. The minimum absolute atomic E-state index is 0.0224. The van der Waals surface area contributed by atoms with Crippen LogP contribution in [0.1, 0.15) is 26.3 Å². The van der Waals surface area contributed by atoms with E-state index in [2.05, 4.69) is 5.32 Å². The number of carbonyl (C=O) groups is 2. The first kappa shape index (κ1) is 24.1. The average molecular weight is 487 g/mol. The van der Waals surface area contributed by atoms with E-state index in [0.29, 0.717) is 37.6 Å². The smallest absolute Gasteiger partial charge is 0.416 e. The van der Waals surface area contributed by atoms with Crippen LogP contribution in [0.15, 0.2) is 66.7 Å². The monoisotopic (exact) mass is 487 g/mol. The molecule has 0 atom stereocenters. The summed E-state index contributed by atoms with van der Waals surface area (Å²) in [5.74, 6) is -2.19. The molecule has 0 aliphatic carbocycles. The Hall–Kier alpha value is -4.08. The van der Waals surface area contributed by atoms with Gasteiger partial charge in [-0.25, -0.2) is 9.18 Å². The summed E-state index contributed by atoms with van der Waals surface area (Å²) < 4.78 is 52.4. The van der Waals surface area contributed by atoms with E-state index >= 15 is 0 Å². The summed E-state index contributed by atoms with van der Waals surface area (Å²) in [4.78, 5) is 27.9. The highest BCUT2D eigenvalue weighted by Gasteiger charge is 2.31. The van der Waals surface area contributed by atoms with Crippen molar-refractivity contribution in [1.29, 1.82) is 0 Å². The number of alkyl halides is 3. The Morgan fingerprint density at radius 1 is 0.829 bits per heavy atom. The summed E-state index contributed by atoms with van der Waals surface area (Å²) in [6, 6.07) is 14.4. The van der Waals surface area contributed by atoms with Gasteiger partial charge in [0.25, 0.3) is 5.91 Å². The number of nitrogens with zero attached hydrogens (tertiary/aromatic N) is 2. The molecule has 3 aromatic rings. The Bertz CT molecular complexity index is 1240. The van der Waals surface area contributed by atoms with E-state index in [-0.39, 0.29) is 16.8 Å². The highest BCUT2D eigenvalue weighted by atomic mass is 19.4. The van der Waals surface area contributed by atoms with Gasteiger partial charge in [-0.1, -0.05) is 6.07 Å². The predicted octanol–water partition coefficient (Wildman–Crippen LogP) is 5.12. The van der Waals surface area contributed by atoms with E-state index in [1.54, 1.807) is 12.1 Å². The van der Waals surface area contributed by atoms with Gasteiger partial charge >= 0.3 is 12.1 Å². The van der Waals surface area contributed by atoms with E-state index in [4.69, 9.17) is 0 Å². The summed E-state index contributed by atoms with van der Waals surface area (Å²) in [6.07, 6.45) is -4.43. The SMILES string of the molecule is O=C(O)c1ccc(N2CCN(c3cccc(C(F)(F)F)c3)CC2)c(NC(=O)c2ccc(F)cc2)c1. The lowest BCUT2D eigenvalue weighted by atomic mass is 10.1. The second-order valence-corrected chi connectivity index (χ2v) is 8.02. The maximum Gasteiger partial charge on any atom is 0.416 e. The van der Waals surface area contributed by atoms with Crippen molar-refractivity contribution in [2.75, 3.05) is 41.3 Å². The lowest BCUT2D eigenvalue weighted by molar-refractivity contribution is -0.137. The third-order valence-electron chi connectivity index (χ3n) is 5.76. The molecule has 0 spiro atoms. The molecule has 0 unspecified atom stereocenters. The molecule has 182 valence electrons. The number of hydrogen-bond donors (Lipinski definition) is 2. The van der Waals surface area contributed by atoms with Crippen molar-refractivity contribution in [3.8, 4) is 0 Å². The molecule has 1 fully saturated rings. The van der Waals surface area contributed by atoms with Crippen LogP contribution in [0.3, 0.4) is 0 Å². The molecular weight excluding hydrogens is 466 g/mol. The summed E-state index contributed by atoms with van der Waals surface area (Å²) in [5, 5.41) is 12.1. The highest BCUT2D eigenvalue weighted by Crippen LogP contribution is 2.33. The Kier molecular flexibility index (Phi) is 6.63. The summed E-state index contributed by atoms with van der Waals surface area (Å²) in [7, 11) is 0. The fourth-order valence-electron chi connectivity index (χ4n) is 3.93. The van der Waals surface area contributed by atoms with Crippen LogP contribution in [0.25, 0.3) is 0 Å². The van der Waals surface area contributed by atoms with Gasteiger partial charge in [-0.3, -0.25) is 4.79 Å². The lowest BCUT2D eigenvalue weighted by Crippen LogP contribution is -2.46. The number of amides is 1. The van der Waals surface area contributed by atoms with Crippen molar-refractivity contribution in [2.45, 2.75) is 6.18 Å². The summed E-state index contributed by atoms with van der Waals surface area (Å²) in [5.41, 5.74) is 0.775. The zero-order valence-corrected chi connectivity index (χ0v) is 18.3. The van der Waals surface area contributed by atoms with Gasteiger partial charge in [0.2, 0.25) is 0 Å². The highest BCUT2D eigenvalue weighted by molar-refractivity contribution is 6.06. The fraction of sp³-hybridized carbons (Fsp3) is 0.200. The molecule has 6 nitrogen and oxygen atoms in total. The Morgan fingerprint density at radius 2 is 1.46 bits per heavy atom. The molecular formula is C25H21F4N3O3. The second kappa shape index (κ2) is 9.65. The third kappa shape index (κ3) is 5.53. The number of benzene rings is 3. The van der Waals surface area contributed by atoms with Crippen LogP contribution in [0, 0.1) is 5.82 Å². The van der Waals surface area contributed by atoms with Crippen molar-refractivity contribution < 1.29 is 32.3 Å². The quantitative estimate of drug-likeness (QED) is 0.489. The Balaban J connectivity index is 1.53. The molecule has 1 aliphatic rings. The molecule has 4 rings (SSSR count). The zero-order valence-electron chi connectivity index (χ0n) is 18.3. The number of rotatable bonds is 5. The van der Waals surface area contributed by atoms with Gasteiger partial charge in [0, 0.05) is 37.4 Å². The first-order valence-corrected chi connectivity index (χ1v) is 10.7. The van der Waals surface area contributed by atoms with Gasteiger partial charge in [-0.15, -0.1) is 0 Å². The number of anilines is 3. The number of nitrogens with one attached hydrogen (secondary N) is 1. The van der Waals surface area contributed by atoms with E-state index in [0.717, 1.165) is 24.3 Å². The number of aromatic carboxylic acids is 1. The van der Waals surface area contributed by atoms with Gasteiger partial charge in [-0.05, 0) is 60.7 Å². The van der Waals surface area contributed by atoms with Crippen molar-refractivity contribution in [2.24, 2.45) is 0 Å². The Labute approximate surface area is 198 Å². The van der Waals surface area contributed by atoms with Gasteiger partial charge in [-0.2, -0.15) is 13.2 Å². The van der Waals surface area contributed by atoms with Crippen molar-refractivity contribution in [1.82, 2.24) is 0 Å². The van der Waals surface area contributed by atoms with E-state index in [1.807, 2.05) is 9.80 Å². The third-order valence-corrected chi connectivity index (χ3v) is 5.76. The number of carbonyl (C=O) groups excluding carboxylic acids is 1. The number of piperazine rings is 1. The molecule has 3 aromatic carbocycles. The summed E-state index contributed by atoms with van der Waals surface area (Å²) >= 11 is 0. The molecule has 1 amide bonds. The number of halogens is 4. The molecule has 0 bridgehead atoms. The molecule has 35 heavy (non-hydrogen) atoms.